The second-order valence-electron chi connectivity index (χ2n) is 5.14. The van der Waals surface area contributed by atoms with Crippen molar-refractivity contribution in [3.63, 3.8) is 0 Å². The van der Waals surface area contributed by atoms with E-state index in [0.717, 1.165) is 13.0 Å². The Morgan fingerprint density at radius 3 is 2.71 bits per heavy atom. The third-order valence-electron chi connectivity index (χ3n) is 3.85. The van der Waals surface area contributed by atoms with Crippen molar-refractivity contribution in [1.82, 2.24) is 0 Å². The van der Waals surface area contributed by atoms with Crippen molar-refractivity contribution >= 4 is 11.4 Å². The Kier molecular flexibility index (Phi) is 3.02. The third-order valence-corrected chi connectivity index (χ3v) is 3.85. The van der Waals surface area contributed by atoms with Crippen LogP contribution in [0.1, 0.15) is 39.2 Å². The van der Waals surface area contributed by atoms with E-state index in [0.29, 0.717) is 6.42 Å². The molecular formula is C15H19N2+. The van der Waals surface area contributed by atoms with Gasteiger partial charge in [0.25, 0.3) is 0 Å². The van der Waals surface area contributed by atoms with Crippen LogP contribution in [0, 0.1) is 11.3 Å². The average molecular weight is 227 g/mol. The van der Waals surface area contributed by atoms with Crippen LogP contribution >= 0.6 is 0 Å². The molecule has 0 aliphatic carbocycles. The first-order valence-corrected chi connectivity index (χ1v) is 6.17. The number of rotatable bonds is 3. The smallest absolute Gasteiger partial charge is 0.199 e. The predicted octanol–water partition coefficient (Wildman–Crippen LogP) is 3.39. The van der Waals surface area contributed by atoms with E-state index in [4.69, 9.17) is 5.26 Å². The van der Waals surface area contributed by atoms with Gasteiger partial charge in [0.05, 0.1) is 11.5 Å². The molecule has 1 aliphatic rings. The molecule has 0 unspecified atom stereocenters. The zero-order valence-electron chi connectivity index (χ0n) is 10.8. The summed E-state index contributed by atoms with van der Waals surface area (Å²) in [5, 5.41) is 8.63. The van der Waals surface area contributed by atoms with E-state index in [1.54, 1.807) is 0 Å². The molecule has 88 valence electrons. The highest BCUT2D eigenvalue weighted by Crippen LogP contribution is 2.39. The molecule has 0 saturated carbocycles. The Labute approximate surface area is 103 Å². The summed E-state index contributed by atoms with van der Waals surface area (Å²) in [7, 11) is 0. The number of nitrogens with zero attached hydrogens (tertiary/aromatic N) is 2. The molecule has 0 aromatic heterocycles. The van der Waals surface area contributed by atoms with Crippen LogP contribution in [-0.4, -0.2) is 16.8 Å². The SMILES string of the molecule is CC1=[N+](CCCC#N)c2ccccc2C1(C)C. The standard InChI is InChI=1S/C15H19N2/c1-12-15(2,3)13-8-4-5-9-14(13)17(12)11-7-6-10-16/h4-5,8-9H,6-7,11H2,1-3H3/q+1. The molecule has 1 aromatic carbocycles. The van der Waals surface area contributed by atoms with Gasteiger partial charge < -0.3 is 0 Å². The summed E-state index contributed by atoms with van der Waals surface area (Å²) in [4.78, 5) is 0. The van der Waals surface area contributed by atoms with Gasteiger partial charge in [-0.3, -0.25) is 0 Å². The molecule has 0 spiro atoms. The maximum atomic E-state index is 8.63. The normalized spacial score (nSPS) is 16.8. The molecular weight excluding hydrogens is 208 g/mol. The number of hydrogen-bond donors (Lipinski definition) is 0. The fourth-order valence-electron chi connectivity index (χ4n) is 2.55. The zero-order chi connectivity index (χ0) is 12.5. The number of nitriles is 1. The van der Waals surface area contributed by atoms with Crippen LogP contribution in [0.3, 0.4) is 0 Å². The highest BCUT2D eigenvalue weighted by atomic mass is 15.1. The average Bonchev–Trinajstić information content (AvgIpc) is 2.51. The van der Waals surface area contributed by atoms with Gasteiger partial charge in [-0.15, -0.1) is 0 Å². The lowest BCUT2D eigenvalue weighted by molar-refractivity contribution is -0.439. The lowest BCUT2D eigenvalue weighted by Crippen LogP contribution is -2.26. The summed E-state index contributed by atoms with van der Waals surface area (Å²) in [6.07, 6.45) is 1.56. The van der Waals surface area contributed by atoms with Crippen LogP contribution in [-0.2, 0) is 5.41 Å². The maximum absolute atomic E-state index is 8.63. The topological polar surface area (TPSA) is 26.8 Å². The molecule has 1 aliphatic heterocycles. The molecule has 0 radical (unpaired) electrons. The van der Waals surface area contributed by atoms with Gasteiger partial charge in [-0.1, -0.05) is 18.2 Å². The number of unbranched alkanes of at least 4 members (excludes halogenated alkanes) is 1. The second-order valence-corrected chi connectivity index (χ2v) is 5.14. The van der Waals surface area contributed by atoms with Crippen molar-refractivity contribution in [2.75, 3.05) is 6.54 Å². The van der Waals surface area contributed by atoms with Crippen LogP contribution in [0.2, 0.25) is 0 Å². The first-order chi connectivity index (χ1) is 8.09. The van der Waals surface area contributed by atoms with Crippen molar-refractivity contribution in [3.05, 3.63) is 29.8 Å². The lowest BCUT2D eigenvalue weighted by atomic mass is 9.82. The van der Waals surface area contributed by atoms with Crippen molar-refractivity contribution in [1.29, 1.82) is 5.26 Å². The molecule has 2 heteroatoms. The number of para-hydroxylation sites is 1. The Balaban J connectivity index is 2.37. The third kappa shape index (κ3) is 1.86. The van der Waals surface area contributed by atoms with Gasteiger partial charge in [-0.05, 0) is 13.8 Å². The van der Waals surface area contributed by atoms with Gasteiger partial charge in [0.2, 0.25) is 5.69 Å². The largest absolute Gasteiger partial charge is 0.209 e. The van der Waals surface area contributed by atoms with Crippen LogP contribution in [0.5, 0.6) is 0 Å². The van der Waals surface area contributed by atoms with Crippen LogP contribution in [0.25, 0.3) is 0 Å². The Hall–Kier alpha value is -1.62. The van der Waals surface area contributed by atoms with Crippen molar-refractivity contribution in [2.24, 2.45) is 0 Å². The molecule has 0 bridgehead atoms. The van der Waals surface area contributed by atoms with Crippen LogP contribution in [0.15, 0.2) is 24.3 Å². The number of benzene rings is 1. The van der Waals surface area contributed by atoms with Gasteiger partial charge in [0.15, 0.2) is 5.71 Å². The second kappa shape index (κ2) is 4.33. The maximum Gasteiger partial charge on any atom is 0.209 e. The molecule has 0 N–H and O–H groups in total. The molecule has 0 atom stereocenters. The van der Waals surface area contributed by atoms with Gasteiger partial charge in [0, 0.05) is 31.4 Å². The van der Waals surface area contributed by atoms with E-state index < -0.39 is 0 Å². The van der Waals surface area contributed by atoms with E-state index in [9.17, 15) is 0 Å². The van der Waals surface area contributed by atoms with Crippen molar-refractivity contribution in [3.8, 4) is 6.07 Å². The van der Waals surface area contributed by atoms with E-state index in [1.807, 2.05) is 0 Å². The molecule has 0 amide bonds. The molecule has 2 nitrogen and oxygen atoms in total. The monoisotopic (exact) mass is 227 g/mol. The van der Waals surface area contributed by atoms with E-state index in [-0.39, 0.29) is 5.41 Å². The molecule has 1 aromatic rings. The summed E-state index contributed by atoms with van der Waals surface area (Å²) in [5.41, 5.74) is 4.21. The minimum atomic E-state index is 0.114. The van der Waals surface area contributed by atoms with Crippen molar-refractivity contribution in [2.45, 2.75) is 39.0 Å². The Bertz CT molecular complexity index is 504. The Morgan fingerprint density at radius 2 is 2.00 bits per heavy atom. The number of fused-ring (bicyclic) bond motifs is 1. The summed E-state index contributed by atoms with van der Waals surface area (Å²) in [6.45, 7) is 7.68. The predicted molar refractivity (Wildman–Crippen MR) is 69.8 cm³/mol. The zero-order valence-corrected chi connectivity index (χ0v) is 10.8. The molecule has 0 saturated heterocycles. The number of hydrogen-bond acceptors (Lipinski definition) is 1. The lowest BCUT2D eigenvalue weighted by Gasteiger charge is -2.14. The molecule has 2 rings (SSSR count). The summed E-state index contributed by atoms with van der Waals surface area (Å²) >= 11 is 0. The van der Waals surface area contributed by atoms with Crippen molar-refractivity contribution < 1.29 is 4.58 Å². The minimum Gasteiger partial charge on any atom is -0.199 e. The molecule has 17 heavy (non-hydrogen) atoms. The van der Waals surface area contributed by atoms with E-state index in [1.165, 1.54) is 17.0 Å². The van der Waals surface area contributed by atoms with Gasteiger partial charge in [-0.2, -0.15) is 9.84 Å². The summed E-state index contributed by atoms with van der Waals surface area (Å²) < 4.78 is 2.37. The van der Waals surface area contributed by atoms with Gasteiger partial charge >= 0.3 is 0 Å². The first kappa shape index (κ1) is 11.9. The Morgan fingerprint density at radius 1 is 1.29 bits per heavy atom. The first-order valence-electron chi connectivity index (χ1n) is 6.17. The summed E-state index contributed by atoms with van der Waals surface area (Å²) in [5.74, 6) is 0. The highest BCUT2D eigenvalue weighted by molar-refractivity contribution is 5.93. The minimum absolute atomic E-state index is 0.114. The van der Waals surface area contributed by atoms with Crippen LogP contribution < -0.4 is 0 Å². The quantitative estimate of drug-likeness (QED) is 0.574. The van der Waals surface area contributed by atoms with Crippen LogP contribution in [0.4, 0.5) is 5.69 Å². The molecule has 0 fully saturated rings. The highest BCUT2D eigenvalue weighted by Gasteiger charge is 2.42. The fourth-order valence-corrected chi connectivity index (χ4v) is 2.55. The summed E-state index contributed by atoms with van der Waals surface area (Å²) in [6, 6.07) is 10.8. The van der Waals surface area contributed by atoms with E-state index >= 15 is 0 Å². The fraction of sp³-hybridized carbons (Fsp3) is 0.467. The molecule has 1 heterocycles. The van der Waals surface area contributed by atoms with Gasteiger partial charge in [-0.25, -0.2) is 0 Å². The van der Waals surface area contributed by atoms with E-state index in [2.05, 4.69) is 55.7 Å². The van der Waals surface area contributed by atoms with Gasteiger partial charge in [0.1, 0.15) is 6.54 Å².